The van der Waals surface area contributed by atoms with Gasteiger partial charge in [-0.2, -0.15) is 0 Å². The third-order valence-electron chi connectivity index (χ3n) is 2.94. The van der Waals surface area contributed by atoms with E-state index >= 15 is 0 Å². The fourth-order valence-corrected chi connectivity index (χ4v) is 5.22. The molecule has 0 saturated carbocycles. The topological polar surface area (TPSA) is 59.1 Å². The quantitative estimate of drug-likeness (QED) is 0.769. The number of thiophene rings is 1. The Balaban J connectivity index is 2.33. The summed E-state index contributed by atoms with van der Waals surface area (Å²) in [6.07, 6.45) is 1.46. The highest BCUT2D eigenvalue weighted by Gasteiger charge is 2.23. The summed E-state index contributed by atoms with van der Waals surface area (Å²) in [5.74, 6) is 0. The minimum Gasteiger partial charge on any atom is -0.242 e. The van der Waals surface area contributed by atoms with Crippen LogP contribution in [0.5, 0.6) is 0 Å². The number of hydrogen-bond acceptors (Lipinski definition) is 4. The van der Waals surface area contributed by atoms with Crippen molar-refractivity contribution in [1.29, 1.82) is 0 Å². The first-order valence-corrected chi connectivity index (χ1v) is 9.58. The van der Waals surface area contributed by atoms with Gasteiger partial charge in [-0.15, -0.1) is 11.3 Å². The van der Waals surface area contributed by atoms with Gasteiger partial charge >= 0.3 is 0 Å². The summed E-state index contributed by atoms with van der Waals surface area (Å²) in [5, 5.41) is -0.0453. The molecule has 0 saturated heterocycles. The minimum absolute atomic E-state index is 0.0324. The molecule has 0 amide bonds. The molecule has 1 N–H and O–H groups in total. The number of pyridine rings is 1. The lowest BCUT2D eigenvalue weighted by Gasteiger charge is -2.15. The summed E-state index contributed by atoms with van der Waals surface area (Å²) in [5.41, 5.74) is 0.972. The molecule has 0 radical (unpaired) electrons. The second kappa shape index (κ2) is 6.34. The van der Waals surface area contributed by atoms with Crippen LogP contribution in [0.15, 0.2) is 27.7 Å². The molecule has 1 unspecified atom stereocenters. The second-order valence-corrected chi connectivity index (χ2v) is 9.07. The van der Waals surface area contributed by atoms with Crippen molar-refractivity contribution in [3.05, 3.63) is 43.3 Å². The molecule has 2 aromatic rings. The van der Waals surface area contributed by atoms with E-state index in [0.717, 1.165) is 15.3 Å². The highest BCUT2D eigenvalue weighted by Crippen LogP contribution is 2.29. The zero-order valence-electron chi connectivity index (χ0n) is 11.6. The minimum atomic E-state index is -3.74. The maximum Gasteiger partial charge on any atom is 0.244 e. The number of aryl methyl sites for hydroxylation is 2. The monoisotopic (exact) mass is 408 g/mol. The third-order valence-corrected chi connectivity index (χ3v) is 6.32. The van der Waals surface area contributed by atoms with Crippen LogP contribution in [0.2, 0.25) is 5.15 Å². The van der Waals surface area contributed by atoms with E-state index in [2.05, 4.69) is 25.6 Å². The van der Waals surface area contributed by atoms with Crippen molar-refractivity contribution in [3.8, 4) is 0 Å². The van der Waals surface area contributed by atoms with Gasteiger partial charge in [0.05, 0.1) is 0 Å². The first-order chi connectivity index (χ1) is 9.70. The van der Waals surface area contributed by atoms with Crippen molar-refractivity contribution in [2.24, 2.45) is 0 Å². The number of nitrogens with one attached hydrogen (secondary N) is 1. The predicted molar refractivity (Wildman–Crippen MR) is 89.5 cm³/mol. The molecular formula is C13H14BrClN2O2S2. The first-order valence-electron chi connectivity index (χ1n) is 6.11. The van der Waals surface area contributed by atoms with Gasteiger partial charge in [0.25, 0.3) is 0 Å². The Kier molecular flexibility index (Phi) is 5.10. The van der Waals surface area contributed by atoms with Crippen LogP contribution in [-0.4, -0.2) is 13.4 Å². The fourth-order valence-electron chi connectivity index (χ4n) is 2.03. The fraction of sp³-hybridized carbons (Fsp3) is 0.308. The van der Waals surface area contributed by atoms with E-state index in [1.165, 1.54) is 12.3 Å². The maximum atomic E-state index is 12.5. The molecule has 0 aliphatic heterocycles. The van der Waals surface area contributed by atoms with Gasteiger partial charge in [0.15, 0.2) is 0 Å². The third kappa shape index (κ3) is 3.84. The number of rotatable bonds is 4. The van der Waals surface area contributed by atoms with Crippen LogP contribution in [-0.2, 0) is 10.0 Å². The van der Waals surface area contributed by atoms with Crippen LogP contribution < -0.4 is 4.72 Å². The summed E-state index contributed by atoms with van der Waals surface area (Å²) in [6, 6.07) is 3.10. The highest BCUT2D eigenvalue weighted by atomic mass is 79.9. The van der Waals surface area contributed by atoms with E-state index < -0.39 is 10.0 Å². The Hall–Kier alpha value is -0.470. The van der Waals surface area contributed by atoms with Crippen LogP contribution in [0.3, 0.4) is 0 Å². The van der Waals surface area contributed by atoms with Gasteiger partial charge in [0, 0.05) is 26.5 Å². The normalized spacial score (nSPS) is 13.4. The molecule has 0 aliphatic rings. The number of hydrogen-bond donors (Lipinski definition) is 1. The lowest BCUT2D eigenvalue weighted by atomic mass is 10.1. The Labute approximate surface area is 141 Å². The largest absolute Gasteiger partial charge is 0.244 e. The standard InChI is InChI=1S/C13H14BrClN2O2S2/c1-7-4-11(9(3)20-7)8(2)17-21(18,19)12-5-10(14)6-16-13(12)15/h4-6,8,17H,1-3H3. The maximum absolute atomic E-state index is 12.5. The Morgan fingerprint density at radius 3 is 2.62 bits per heavy atom. The number of sulfonamides is 1. The molecular weight excluding hydrogens is 396 g/mol. The Morgan fingerprint density at radius 1 is 1.38 bits per heavy atom. The van der Waals surface area contributed by atoms with E-state index in [-0.39, 0.29) is 16.1 Å². The molecule has 8 heteroatoms. The summed E-state index contributed by atoms with van der Waals surface area (Å²) in [7, 11) is -3.74. The molecule has 0 aliphatic carbocycles. The van der Waals surface area contributed by atoms with Crippen LogP contribution in [0.25, 0.3) is 0 Å². The molecule has 0 aromatic carbocycles. The lowest BCUT2D eigenvalue weighted by molar-refractivity contribution is 0.566. The second-order valence-electron chi connectivity index (χ2n) is 4.65. The van der Waals surface area contributed by atoms with Gasteiger partial charge in [-0.1, -0.05) is 11.6 Å². The first kappa shape index (κ1) is 16.9. The summed E-state index contributed by atoms with van der Waals surface area (Å²) >= 11 is 10.7. The molecule has 0 spiro atoms. The summed E-state index contributed by atoms with van der Waals surface area (Å²) in [6.45, 7) is 5.79. The molecule has 0 bridgehead atoms. The van der Waals surface area contributed by atoms with Crippen molar-refractivity contribution in [2.45, 2.75) is 31.7 Å². The molecule has 1 atom stereocenters. The van der Waals surface area contributed by atoms with E-state index in [0.29, 0.717) is 4.47 Å². The SMILES string of the molecule is Cc1cc(C(C)NS(=O)(=O)c2cc(Br)cnc2Cl)c(C)s1. The zero-order valence-corrected chi connectivity index (χ0v) is 15.6. The van der Waals surface area contributed by atoms with Gasteiger partial charge < -0.3 is 0 Å². The smallest absolute Gasteiger partial charge is 0.242 e. The van der Waals surface area contributed by atoms with Gasteiger partial charge in [0.1, 0.15) is 10.0 Å². The van der Waals surface area contributed by atoms with Crippen LogP contribution >= 0.6 is 38.9 Å². The molecule has 21 heavy (non-hydrogen) atoms. The molecule has 2 aromatic heterocycles. The average molecular weight is 410 g/mol. The van der Waals surface area contributed by atoms with Gasteiger partial charge in [-0.3, -0.25) is 0 Å². The van der Waals surface area contributed by atoms with Gasteiger partial charge in [-0.25, -0.2) is 18.1 Å². The van der Waals surface area contributed by atoms with E-state index in [4.69, 9.17) is 11.6 Å². The Morgan fingerprint density at radius 2 is 2.05 bits per heavy atom. The lowest BCUT2D eigenvalue weighted by Crippen LogP contribution is -2.27. The number of aromatic nitrogens is 1. The predicted octanol–water partition coefficient (Wildman–Crippen LogP) is 4.22. The van der Waals surface area contributed by atoms with Crippen molar-refractivity contribution in [1.82, 2.24) is 9.71 Å². The van der Waals surface area contributed by atoms with E-state index in [1.807, 2.05) is 26.8 Å². The molecule has 2 heterocycles. The van der Waals surface area contributed by atoms with Crippen LogP contribution in [0, 0.1) is 13.8 Å². The highest BCUT2D eigenvalue weighted by molar-refractivity contribution is 9.10. The van der Waals surface area contributed by atoms with Crippen LogP contribution in [0.1, 0.15) is 28.3 Å². The Bertz CT molecular complexity index is 774. The summed E-state index contributed by atoms with van der Waals surface area (Å²) < 4.78 is 28.1. The number of halogens is 2. The van der Waals surface area contributed by atoms with Crippen LogP contribution in [0.4, 0.5) is 0 Å². The van der Waals surface area contributed by atoms with Crippen molar-refractivity contribution >= 4 is 48.9 Å². The van der Waals surface area contributed by atoms with Crippen molar-refractivity contribution in [2.75, 3.05) is 0 Å². The van der Waals surface area contributed by atoms with Gasteiger partial charge in [-0.05, 0) is 54.4 Å². The number of nitrogens with zero attached hydrogens (tertiary/aromatic N) is 1. The zero-order chi connectivity index (χ0) is 15.8. The average Bonchev–Trinajstić information content (AvgIpc) is 2.71. The summed E-state index contributed by atoms with van der Waals surface area (Å²) in [4.78, 5) is 6.06. The molecule has 4 nitrogen and oxygen atoms in total. The molecule has 0 fully saturated rings. The van der Waals surface area contributed by atoms with Crippen molar-refractivity contribution < 1.29 is 8.42 Å². The van der Waals surface area contributed by atoms with E-state index in [1.54, 1.807) is 11.3 Å². The van der Waals surface area contributed by atoms with Gasteiger partial charge in [0.2, 0.25) is 10.0 Å². The van der Waals surface area contributed by atoms with E-state index in [9.17, 15) is 8.42 Å². The van der Waals surface area contributed by atoms with Crippen molar-refractivity contribution in [3.63, 3.8) is 0 Å². The molecule has 2 rings (SSSR count). The molecule has 114 valence electrons.